The van der Waals surface area contributed by atoms with Gasteiger partial charge in [0.1, 0.15) is 13.2 Å². The zero-order valence-electron chi connectivity index (χ0n) is 11.1. The van der Waals surface area contributed by atoms with Crippen LogP contribution in [0.3, 0.4) is 0 Å². The van der Waals surface area contributed by atoms with E-state index in [0.717, 1.165) is 0 Å². The number of hydrogen-bond donors (Lipinski definition) is 0. The van der Waals surface area contributed by atoms with Gasteiger partial charge in [0.2, 0.25) is 0 Å². The van der Waals surface area contributed by atoms with Crippen LogP contribution in [-0.2, 0) is 4.74 Å². The van der Waals surface area contributed by atoms with Crippen molar-refractivity contribution in [3.8, 4) is 11.5 Å². The topological polar surface area (TPSA) is 61.8 Å². The second-order valence-electron chi connectivity index (χ2n) is 4.40. The van der Waals surface area contributed by atoms with E-state index in [9.17, 15) is 9.59 Å². The third-order valence-corrected chi connectivity index (χ3v) is 2.98. The molecule has 0 unspecified atom stereocenters. The summed E-state index contributed by atoms with van der Waals surface area (Å²) in [6.45, 7) is 0.292. The van der Waals surface area contributed by atoms with E-state index in [1.165, 1.54) is 24.3 Å². The molecule has 2 bridgehead atoms. The van der Waals surface area contributed by atoms with E-state index < -0.39 is 11.9 Å². The lowest BCUT2D eigenvalue weighted by molar-refractivity contribution is 0.0449. The molecule has 5 nitrogen and oxygen atoms in total. The van der Waals surface area contributed by atoms with Crippen LogP contribution in [0.4, 0.5) is 0 Å². The van der Waals surface area contributed by atoms with Crippen molar-refractivity contribution in [3.63, 3.8) is 0 Å². The minimum atomic E-state index is -0.509. The molecule has 2 aromatic rings. The van der Waals surface area contributed by atoms with E-state index in [0.29, 0.717) is 22.6 Å². The van der Waals surface area contributed by atoms with Gasteiger partial charge in [-0.1, -0.05) is 12.1 Å². The normalized spacial score (nSPS) is 14.7. The Labute approximate surface area is 121 Å². The van der Waals surface area contributed by atoms with Crippen molar-refractivity contribution in [3.05, 3.63) is 59.7 Å². The molecule has 0 spiro atoms. The van der Waals surface area contributed by atoms with Crippen LogP contribution in [0.5, 0.6) is 11.5 Å². The number of hydrogen-bond acceptors (Lipinski definition) is 5. The fourth-order valence-corrected chi connectivity index (χ4v) is 1.92. The average molecular weight is 284 g/mol. The summed E-state index contributed by atoms with van der Waals surface area (Å²) in [5.74, 6) is -0.203. The minimum Gasteiger partial charge on any atom is -0.486 e. The lowest BCUT2D eigenvalue weighted by atomic mass is 10.1. The molecule has 106 valence electrons. The van der Waals surface area contributed by atoms with Gasteiger partial charge in [-0.05, 0) is 36.4 Å². The molecule has 2 heterocycles. The first-order chi connectivity index (χ1) is 10.2. The van der Waals surface area contributed by atoms with Crippen molar-refractivity contribution in [2.45, 2.75) is 0 Å². The van der Waals surface area contributed by atoms with Gasteiger partial charge < -0.3 is 14.2 Å². The Balaban J connectivity index is 1.97. The van der Waals surface area contributed by atoms with Gasteiger partial charge >= 0.3 is 11.9 Å². The van der Waals surface area contributed by atoms with Crippen molar-refractivity contribution in [1.82, 2.24) is 0 Å². The molecule has 0 saturated heterocycles. The van der Waals surface area contributed by atoms with Crippen molar-refractivity contribution in [2.75, 3.05) is 13.2 Å². The molecule has 0 saturated carbocycles. The molecule has 5 heteroatoms. The molecule has 0 atom stereocenters. The number of para-hydroxylation sites is 2. The summed E-state index contributed by atoms with van der Waals surface area (Å²) >= 11 is 0. The van der Waals surface area contributed by atoms with Crippen LogP contribution >= 0.6 is 0 Å². The monoisotopic (exact) mass is 284 g/mol. The third kappa shape index (κ3) is 2.86. The number of carbonyl (C=O) groups excluding carboxylic acids is 2. The average Bonchev–Trinajstić information content (AvgIpc) is 2.53. The summed E-state index contributed by atoms with van der Waals surface area (Å²) in [6.07, 6.45) is 0. The predicted octanol–water partition coefficient (Wildman–Crippen LogP) is 2.46. The molecule has 0 fully saturated rings. The highest BCUT2D eigenvalue weighted by Crippen LogP contribution is 2.27. The number of rotatable bonds is 0. The smallest absolute Gasteiger partial charge is 0.343 e. The maximum atomic E-state index is 12.1. The van der Waals surface area contributed by atoms with Crippen LogP contribution in [0, 0.1) is 0 Å². The van der Waals surface area contributed by atoms with Gasteiger partial charge in [-0.3, -0.25) is 0 Å². The van der Waals surface area contributed by atoms with Crippen LogP contribution in [0.2, 0.25) is 0 Å². The first-order valence-electron chi connectivity index (χ1n) is 6.45. The molecule has 21 heavy (non-hydrogen) atoms. The summed E-state index contributed by atoms with van der Waals surface area (Å²) in [7, 11) is 0. The van der Waals surface area contributed by atoms with Crippen LogP contribution in [0.15, 0.2) is 48.5 Å². The quantitative estimate of drug-likeness (QED) is 0.549. The van der Waals surface area contributed by atoms with Crippen LogP contribution in [0.1, 0.15) is 20.7 Å². The Hall–Kier alpha value is -2.82. The Kier molecular flexibility index (Phi) is 3.55. The fourth-order valence-electron chi connectivity index (χ4n) is 1.92. The number of carbonyl (C=O) groups is 2. The summed E-state index contributed by atoms with van der Waals surface area (Å²) in [5, 5.41) is 0. The Bertz CT molecular complexity index is 675. The first kappa shape index (κ1) is 13.2. The van der Waals surface area contributed by atoms with E-state index in [1.54, 1.807) is 24.3 Å². The third-order valence-electron chi connectivity index (χ3n) is 2.98. The van der Waals surface area contributed by atoms with Crippen molar-refractivity contribution >= 4 is 11.9 Å². The maximum absolute atomic E-state index is 12.1. The second kappa shape index (κ2) is 5.66. The van der Waals surface area contributed by atoms with Gasteiger partial charge in [0.15, 0.2) is 11.5 Å². The van der Waals surface area contributed by atoms with E-state index >= 15 is 0 Å². The Morgan fingerprint density at radius 2 is 1.24 bits per heavy atom. The molecule has 0 aliphatic carbocycles. The van der Waals surface area contributed by atoms with Crippen LogP contribution in [0.25, 0.3) is 0 Å². The fraction of sp³-hybridized carbons (Fsp3) is 0.125. The van der Waals surface area contributed by atoms with Gasteiger partial charge in [-0.25, -0.2) is 9.59 Å². The predicted molar refractivity (Wildman–Crippen MR) is 73.6 cm³/mol. The lowest BCUT2D eigenvalue weighted by Gasteiger charge is -2.10. The molecule has 2 aliphatic rings. The molecular weight excluding hydrogens is 272 g/mol. The molecule has 2 aromatic carbocycles. The summed E-state index contributed by atoms with van der Waals surface area (Å²) in [4.78, 5) is 23.8. The van der Waals surface area contributed by atoms with Gasteiger partial charge in [0.25, 0.3) is 0 Å². The minimum absolute atomic E-state index is 0.114. The van der Waals surface area contributed by atoms with E-state index in [2.05, 4.69) is 0 Å². The molecule has 4 rings (SSSR count). The number of esters is 2. The second-order valence-corrected chi connectivity index (χ2v) is 4.40. The van der Waals surface area contributed by atoms with Crippen LogP contribution < -0.4 is 9.47 Å². The SMILES string of the molecule is O=C1OCCOc2ccccc2OC(=O)c2ccc1cc2. The zero-order chi connectivity index (χ0) is 14.7. The Morgan fingerprint density at radius 3 is 1.95 bits per heavy atom. The largest absolute Gasteiger partial charge is 0.486 e. The summed E-state index contributed by atoms with van der Waals surface area (Å²) < 4.78 is 15.9. The Morgan fingerprint density at radius 1 is 0.667 bits per heavy atom. The van der Waals surface area contributed by atoms with E-state index in [1.807, 2.05) is 0 Å². The lowest BCUT2D eigenvalue weighted by Crippen LogP contribution is -2.12. The van der Waals surface area contributed by atoms with E-state index in [-0.39, 0.29) is 13.2 Å². The van der Waals surface area contributed by atoms with Crippen molar-refractivity contribution in [2.24, 2.45) is 0 Å². The number of ether oxygens (including phenoxy) is 3. The summed E-state index contributed by atoms with van der Waals surface area (Å²) in [5.41, 5.74) is 0.726. The van der Waals surface area contributed by atoms with Gasteiger partial charge in [-0.15, -0.1) is 0 Å². The first-order valence-corrected chi connectivity index (χ1v) is 6.45. The molecule has 2 aliphatic heterocycles. The molecule has 0 amide bonds. The highest BCUT2D eigenvalue weighted by atomic mass is 16.6. The van der Waals surface area contributed by atoms with E-state index in [4.69, 9.17) is 14.2 Å². The zero-order valence-corrected chi connectivity index (χ0v) is 11.1. The molecule has 0 aromatic heterocycles. The van der Waals surface area contributed by atoms with Crippen LogP contribution in [-0.4, -0.2) is 25.2 Å². The van der Waals surface area contributed by atoms with Crippen molar-refractivity contribution in [1.29, 1.82) is 0 Å². The van der Waals surface area contributed by atoms with Crippen molar-refractivity contribution < 1.29 is 23.8 Å². The van der Waals surface area contributed by atoms with Gasteiger partial charge in [-0.2, -0.15) is 0 Å². The highest BCUT2D eigenvalue weighted by molar-refractivity contribution is 5.94. The summed E-state index contributed by atoms with van der Waals surface area (Å²) in [6, 6.07) is 13.0. The molecular formula is C16H12O5. The standard InChI is InChI=1S/C16H12O5/c17-15-11-5-7-12(8-6-11)16(18)21-14-4-2-1-3-13(14)19-9-10-20-15/h1-8H,9-10H2. The van der Waals surface area contributed by atoms with Gasteiger partial charge in [0, 0.05) is 0 Å². The highest BCUT2D eigenvalue weighted by Gasteiger charge is 2.15. The molecule has 0 N–H and O–H groups in total. The number of fused-ring (bicyclic) bond motifs is 7. The maximum Gasteiger partial charge on any atom is 0.343 e. The van der Waals surface area contributed by atoms with Gasteiger partial charge in [0.05, 0.1) is 11.1 Å². The number of benzene rings is 2. The molecule has 0 radical (unpaired) electrons.